The number of esters is 1. The molecule has 0 spiro atoms. The van der Waals surface area contributed by atoms with Crippen molar-refractivity contribution < 1.29 is 14.3 Å². The minimum Gasteiger partial charge on any atom is -0.465 e. The molecular formula is C20H24N4O3S3. The molecule has 0 aromatic carbocycles. The SMILES string of the molecule is CCn1c(SCC(=O)Nc2sc(C)cc2C(=O)OC)nnc1-c1csc(C(C)C)c1. The summed E-state index contributed by atoms with van der Waals surface area (Å²) in [5.74, 6) is 0.767. The monoisotopic (exact) mass is 464 g/mol. The maximum Gasteiger partial charge on any atom is 0.340 e. The van der Waals surface area contributed by atoms with Crippen molar-refractivity contribution in [1.82, 2.24) is 14.8 Å². The van der Waals surface area contributed by atoms with Crippen molar-refractivity contribution in [2.75, 3.05) is 18.2 Å². The van der Waals surface area contributed by atoms with Crippen LogP contribution in [-0.4, -0.2) is 39.5 Å². The summed E-state index contributed by atoms with van der Waals surface area (Å²) in [6, 6.07) is 3.87. The number of hydrogen-bond donors (Lipinski definition) is 1. The van der Waals surface area contributed by atoms with Gasteiger partial charge in [0.25, 0.3) is 0 Å². The highest BCUT2D eigenvalue weighted by atomic mass is 32.2. The molecule has 0 saturated heterocycles. The average Bonchev–Trinajstić information content (AvgIpc) is 3.43. The summed E-state index contributed by atoms with van der Waals surface area (Å²) in [7, 11) is 1.32. The molecule has 0 saturated carbocycles. The zero-order valence-electron chi connectivity index (χ0n) is 17.5. The molecule has 10 heteroatoms. The van der Waals surface area contributed by atoms with E-state index >= 15 is 0 Å². The van der Waals surface area contributed by atoms with Gasteiger partial charge < -0.3 is 14.6 Å². The van der Waals surface area contributed by atoms with E-state index in [-0.39, 0.29) is 11.7 Å². The Morgan fingerprint density at radius 2 is 2.07 bits per heavy atom. The summed E-state index contributed by atoms with van der Waals surface area (Å²) in [4.78, 5) is 26.6. The van der Waals surface area contributed by atoms with Gasteiger partial charge in [-0.3, -0.25) is 4.79 Å². The van der Waals surface area contributed by atoms with Crippen LogP contribution in [-0.2, 0) is 16.1 Å². The molecule has 3 aromatic rings. The Bertz CT molecular complexity index is 1050. The first-order valence-corrected chi connectivity index (χ1v) is 12.2. The molecule has 0 unspecified atom stereocenters. The lowest BCUT2D eigenvalue weighted by molar-refractivity contribution is -0.113. The first kappa shape index (κ1) is 22.5. The van der Waals surface area contributed by atoms with Crippen LogP contribution in [0.15, 0.2) is 22.7 Å². The fourth-order valence-electron chi connectivity index (χ4n) is 2.83. The molecule has 3 aromatic heterocycles. The van der Waals surface area contributed by atoms with E-state index in [1.807, 2.05) is 18.4 Å². The molecule has 0 atom stereocenters. The summed E-state index contributed by atoms with van der Waals surface area (Å²) >= 11 is 4.39. The second-order valence-electron chi connectivity index (χ2n) is 6.87. The van der Waals surface area contributed by atoms with Crippen LogP contribution in [0.25, 0.3) is 11.4 Å². The average molecular weight is 465 g/mol. The minimum atomic E-state index is -0.464. The van der Waals surface area contributed by atoms with Crippen LogP contribution in [0.2, 0.25) is 0 Å². The molecule has 0 aliphatic carbocycles. The molecule has 0 bridgehead atoms. The second kappa shape index (κ2) is 9.76. The van der Waals surface area contributed by atoms with Crippen molar-refractivity contribution in [2.24, 2.45) is 0 Å². The Morgan fingerprint density at radius 3 is 2.70 bits per heavy atom. The van der Waals surface area contributed by atoms with Crippen LogP contribution < -0.4 is 5.32 Å². The summed E-state index contributed by atoms with van der Waals surface area (Å²) in [6.45, 7) is 8.95. The highest BCUT2D eigenvalue weighted by Crippen LogP contribution is 2.32. The number of nitrogens with one attached hydrogen (secondary N) is 1. The third-order valence-electron chi connectivity index (χ3n) is 4.33. The number of ether oxygens (including phenoxy) is 1. The third-order valence-corrected chi connectivity index (χ3v) is 7.49. The van der Waals surface area contributed by atoms with Gasteiger partial charge in [0, 0.05) is 27.2 Å². The van der Waals surface area contributed by atoms with Crippen molar-refractivity contribution in [3.63, 3.8) is 0 Å². The van der Waals surface area contributed by atoms with E-state index in [2.05, 4.69) is 40.8 Å². The highest BCUT2D eigenvalue weighted by molar-refractivity contribution is 7.99. The number of carbonyl (C=O) groups is 2. The first-order valence-electron chi connectivity index (χ1n) is 9.47. The molecule has 30 heavy (non-hydrogen) atoms. The molecule has 0 aliphatic heterocycles. The summed E-state index contributed by atoms with van der Waals surface area (Å²) in [5.41, 5.74) is 1.42. The van der Waals surface area contributed by atoms with E-state index in [0.29, 0.717) is 28.2 Å². The number of hydrogen-bond acceptors (Lipinski definition) is 8. The summed E-state index contributed by atoms with van der Waals surface area (Å²) in [5, 5.41) is 14.7. The Balaban J connectivity index is 1.70. The predicted molar refractivity (Wildman–Crippen MR) is 123 cm³/mol. The van der Waals surface area contributed by atoms with Gasteiger partial charge >= 0.3 is 5.97 Å². The molecule has 0 aliphatic rings. The zero-order chi connectivity index (χ0) is 21.8. The maximum absolute atomic E-state index is 12.5. The van der Waals surface area contributed by atoms with Gasteiger partial charge in [-0.1, -0.05) is 25.6 Å². The normalized spacial score (nSPS) is 11.1. The fourth-order valence-corrected chi connectivity index (χ4v) is 5.45. The van der Waals surface area contributed by atoms with Gasteiger partial charge in [0.2, 0.25) is 5.91 Å². The highest BCUT2D eigenvalue weighted by Gasteiger charge is 2.19. The van der Waals surface area contributed by atoms with E-state index in [0.717, 1.165) is 16.3 Å². The van der Waals surface area contributed by atoms with Crippen LogP contribution in [0.1, 0.15) is 46.8 Å². The largest absolute Gasteiger partial charge is 0.465 e. The quantitative estimate of drug-likeness (QED) is 0.371. The van der Waals surface area contributed by atoms with E-state index in [1.165, 1.54) is 35.1 Å². The van der Waals surface area contributed by atoms with Crippen LogP contribution in [0, 0.1) is 6.92 Å². The third kappa shape index (κ3) is 4.93. The van der Waals surface area contributed by atoms with Gasteiger partial charge in [0.15, 0.2) is 11.0 Å². The van der Waals surface area contributed by atoms with Gasteiger partial charge in [-0.05, 0) is 31.9 Å². The number of anilines is 1. The van der Waals surface area contributed by atoms with Crippen LogP contribution >= 0.6 is 34.4 Å². The number of rotatable bonds is 8. The molecule has 3 rings (SSSR count). The van der Waals surface area contributed by atoms with Gasteiger partial charge in [0.1, 0.15) is 5.00 Å². The summed E-state index contributed by atoms with van der Waals surface area (Å²) in [6.07, 6.45) is 0. The van der Waals surface area contributed by atoms with Crippen LogP contribution in [0.5, 0.6) is 0 Å². The van der Waals surface area contributed by atoms with Gasteiger partial charge in [0.05, 0.1) is 18.4 Å². The number of amides is 1. The Labute approximate surface area is 187 Å². The maximum atomic E-state index is 12.5. The van der Waals surface area contributed by atoms with E-state index in [1.54, 1.807) is 17.4 Å². The number of thioether (sulfide) groups is 1. The molecule has 1 amide bonds. The topological polar surface area (TPSA) is 86.1 Å². The first-order chi connectivity index (χ1) is 14.3. The van der Waals surface area contributed by atoms with Gasteiger partial charge in [-0.25, -0.2) is 4.79 Å². The standard InChI is InChI=1S/C20H24N4O3S3/c1-6-24-17(13-8-15(11(2)3)28-9-13)22-23-20(24)29-10-16(25)21-18-14(19(26)27-5)7-12(4)30-18/h7-9,11H,6,10H2,1-5H3,(H,21,25). The van der Waals surface area contributed by atoms with E-state index in [9.17, 15) is 9.59 Å². The van der Waals surface area contributed by atoms with Crippen LogP contribution in [0.3, 0.4) is 0 Å². The predicted octanol–water partition coefficient (Wildman–Crippen LogP) is 5.04. The lowest BCUT2D eigenvalue weighted by atomic mass is 10.1. The fraction of sp³-hybridized carbons (Fsp3) is 0.400. The van der Waals surface area contributed by atoms with Gasteiger partial charge in [-0.15, -0.1) is 32.9 Å². The molecule has 0 radical (unpaired) electrons. The number of aryl methyl sites for hydroxylation is 1. The number of carbonyl (C=O) groups excluding carboxylic acids is 2. The van der Waals surface area contributed by atoms with Crippen LogP contribution in [0.4, 0.5) is 5.00 Å². The van der Waals surface area contributed by atoms with Crippen molar-refractivity contribution in [3.8, 4) is 11.4 Å². The van der Waals surface area contributed by atoms with E-state index in [4.69, 9.17) is 4.74 Å². The van der Waals surface area contributed by atoms with Gasteiger partial charge in [-0.2, -0.15) is 0 Å². The molecule has 0 fully saturated rings. The number of aromatic nitrogens is 3. The lowest BCUT2D eigenvalue weighted by Crippen LogP contribution is -2.16. The Kier molecular flexibility index (Phi) is 7.32. The Morgan fingerprint density at radius 1 is 1.30 bits per heavy atom. The van der Waals surface area contributed by atoms with E-state index < -0.39 is 5.97 Å². The summed E-state index contributed by atoms with van der Waals surface area (Å²) < 4.78 is 6.80. The Hall–Kier alpha value is -2.17. The number of methoxy groups -OCH3 is 1. The minimum absolute atomic E-state index is 0.163. The number of nitrogens with zero attached hydrogens (tertiary/aromatic N) is 3. The zero-order valence-corrected chi connectivity index (χ0v) is 20.0. The molecule has 3 heterocycles. The molecule has 7 nitrogen and oxygen atoms in total. The smallest absolute Gasteiger partial charge is 0.340 e. The van der Waals surface area contributed by atoms with Crippen molar-refractivity contribution in [3.05, 3.63) is 32.8 Å². The lowest BCUT2D eigenvalue weighted by Gasteiger charge is -2.07. The molecule has 160 valence electrons. The number of thiophene rings is 2. The second-order valence-corrected chi connectivity index (χ2v) is 10.0. The van der Waals surface area contributed by atoms with Crippen molar-refractivity contribution >= 4 is 51.3 Å². The molecular weight excluding hydrogens is 440 g/mol. The van der Waals surface area contributed by atoms with Crippen molar-refractivity contribution in [2.45, 2.75) is 45.3 Å². The van der Waals surface area contributed by atoms with Crippen molar-refractivity contribution in [1.29, 1.82) is 0 Å². The molecule has 1 N–H and O–H groups in total.